The Labute approximate surface area is 107 Å². The third-order valence-corrected chi connectivity index (χ3v) is 3.70. The van der Waals surface area contributed by atoms with E-state index in [1.807, 2.05) is 18.2 Å². The predicted octanol–water partition coefficient (Wildman–Crippen LogP) is 3.18. The molecule has 0 saturated heterocycles. The lowest BCUT2D eigenvalue weighted by molar-refractivity contribution is 0.263. The molecule has 0 radical (unpaired) electrons. The summed E-state index contributed by atoms with van der Waals surface area (Å²) in [6, 6.07) is 8.86. The van der Waals surface area contributed by atoms with E-state index in [4.69, 9.17) is 5.73 Å². The monoisotopic (exact) mass is 284 g/mol. The fraction of sp³-hybridized carbons (Fsp3) is 0.538. The van der Waals surface area contributed by atoms with E-state index in [1.165, 1.54) is 5.56 Å². The maximum Gasteiger partial charge on any atom is 0.0318 e. The second kappa shape index (κ2) is 6.38. The molecule has 1 atom stereocenters. The van der Waals surface area contributed by atoms with Crippen LogP contribution in [0.1, 0.15) is 31.9 Å². The molecule has 2 N–H and O–H groups in total. The number of hydrogen-bond acceptors (Lipinski definition) is 2. The van der Waals surface area contributed by atoms with Gasteiger partial charge in [-0.3, -0.25) is 0 Å². The molecule has 0 amide bonds. The van der Waals surface area contributed by atoms with E-state index < -0.39 is 0 Å². The van der Waals surface area contributed by atoms with Crippen molar-refractivity contribution in [3.63, 3.8) is 0 Å². The molecule has 0 fully saturated rings. The number of rotatable bonds is 5. The zero-order valence-electron chi connectivity index (χ0n) is 10.3. The first-order valence-electron chi connectivity index (χ1n) is 5.72. The number of nitrogens with two attached hydrogens (primary N) is 1. The standard InChI is InChI=1S/C13H21BrN2/c1-10(2)16(3)9-8-13(15)11-6-4-5-7-12(11)14/h4-7,10,13H,8-9,15H2,1-3H3. The Morgan fingerprint density at radius 1 is 1.31 bits per heavy atom. The van der Waals surface area contributed by atoms with Crippen molar-refractivity contribution < 1.29 is 0 Å². The summed E-state index contributed by atoms with van der Waals surface area (Å²) in [4.78, 5) is 2.32. The first-order chi connectivity index (χ1) is 7.52. The van der Waals surface area contributed by atoms with Gasteiger partial charge in [0.25, 0.3) is 0 Å². The molecule has 0 heterocycles. The van der Waals surface area contributed by atoms with Crippen LogP contribution in [-0.4, -0.2) is 24.5 Å². The van der Waals surface area contributed by atoms with Gasteiger partial charge in [-0.25, -0.2) is 0 Å². The highest BCUT2D eigenvalue weighted by molar-refractivity contribution is 9.10. The van der Waals surface area contributed by atoms with Gasteiger partial charge in [0.1, 0.15) is 0 Å². The van der Waals surface area contributed by atoms with E-state index in [0.29, 0.717) is 6.04 Å². The van der Waals surface area contributed by atoms with Crippen LogP contribution in [0.2, 0.25) is 0 Å². The van der Waals surface area contributed by atoms with Crippen LogP contribution in [0.5, 0.6) is 0 Å². The molecule has 1 rings (SSSR count). The number of nitrogens with zero attached hydrogens (tertiary/aromatic N) is 1. The Hall–Kier alpha value is -0.380. The van der Waals surface area contributed by atoms with Crippen LogP contribution in [0.25, 0.3) is 0 Å². The van der Waals surface area contributed by atoms with Gasteiger partial charge < -0.3 is 10.6 Å². The van der Waals surface area contributed by atoms with Crippen LogP contribution in [0.3, 0.4) is 0 Å². The van der Waals surface area contributed by atoms with Crippen molar-refractivity contribution in [2.75, 3.05) is 13.6 Å². The number of halogens is 1. The van der Waals surface area contributed by atoms with E-state index in [2.05, 4.69) is 47.8 Å². The van der Waals surface area contributed by atoms with E-state index in [9.17, 15) is 0 Å². The fourth-order valence-electron chi connectivity index (χ4n) is 1.53. The van der Waals surface area contributed by atoms with E-state index in [0.717, 1.165) is 17.4 Å². The van der Waals surface area contributed by atoms with Crippen LogP contribution in [0.15, 0.2) is 28.7 Å². The SMILES string of the molecule is CC(C)N(C)CCC(N)c1ccccc1Br. The number of hydrogen-bond donors (Lipinski definition) is 1. The summed E-state index contributed by atoms with van der Waals surface area (Å²) in [7, 11) is 2.14. The molecule has 1 aromatic rings. The predicted molar refractivity (Wildman–Crippen MR) is 73.5 cm³/mol. The first kappa shape index (κ1) is 13.7. The van der Waals surface area contributed by atoms with E-state index >= 15 is 0 Å². The highest BCUT2D eigenvalue weighted by atomic mass is 79.9. The Kier molecular flexibility index (Phi) is 5.46. The average Bonchev–Trinajstić information content (AvgIpc) is 2.25. The molecule has 0 bridgehead atoms. The smallest absolute Gasteiger partial charge is 0.0318 e. The molecule has 0 aromatic heterocycles. The molecule has 0 spiro atoms. The summed E-state index contributed by atoms with van der Waals surface area (Å²) in [5.41, 5.74) is 7.38. The van der Waals surface area contributed by atoms with Crippen LogP contribution >= 0.6 is 15.9 Å². The minimum Gasteiger partial charge on any atom is -0.324 e. The van der Waals surface area contributed by atoms with Crippen molar-refractivity contribution in [3.8, 4) is 0 Å². The Balaban J connectivity index is 2.53. The van der Waals surface area contributed by atoms with Gasteiger partial charge in [-0.1, -0.05) is 34.1 Å². The second-order valence-electron chi connectivity index (χ2n) is 4.49. The van der Waals surface area contributed by atoms with Gasteiger partial charge in [-0.05, 0) is 45.5 Å². The molecule has 0 saturated carbocycles. The van der Waals surface area contributed by atoms with Crippen LogP contribution in [0.4, 0.5) is 0 Å². The Bertz CT molecular complexity index is 325. The summed E-state index contributed by atoms with van der Waals surface area (Å²) in [6.07, 6.45) is 0.983. The molecule has 1 aromatic carbocycles. The molecule has 0 aliphatic rings. The molecular formula is C13H21BrN2. The fourth-order valence-corrected chi connectivity index (χ4v) is 2.11. The van der Waals surface area contributed by atoms with E-state index in [-0.39, 0.29) is 6.04 Å². The summed E-state index contributed by atoms with van der Waals surface area (Å²) in [5.74, 6) is 0. The summed E-state index contributed by atoms with van der Waals surface area (Å²) >= 11 is 3.54. The average molecular weight is 285 g/mol. The van der Waals surface area contributed by atoms with Gasteiger partial charge in [0, 0.05) is 16.6 Å². The second-order valence-corrected chi connectivity index (χ2v) is 5.35. The van der Waals surface area contributed by atoms with Gasteiger partial charge in [0.2, 0.25) is 0 Å². The van der Waals surface area contributed by atoms with Crippen LogP contribution in [0, 0.1) is 0 Å². The molecule has 1 unspecified atom stereocenters. The van der Waals surface area contributed by atoms with Crippen molar-refractivity contribution in [2.24, 2.45) is 5.73 Å². The zero-order chi connectivity index (χ0) is 12.1. The molecular weight excluding hydrogens is 264 g/mol. The highest BCUT2D eigenvalue weighted by Crippen LogP contribution is 2.23. The minimum absolute atomic E-state index is 0.108. The minimum atomic E-state index is 0.108. The van der Waals surface area contributed by atoms with Crippen molar-refractivity contribution in [1.82, 2.24) is 4.90 Å². The van der Waals surface area contributed by atoms with Gasteiger partial charge >= 0.3 is 0 Å². The molecule has 3 heteroatoms. The van der Waals surface area contributed by atoms with Gasteiger partial charge in [0.15, 0.2) is 0 Å². The molecule has 0 aliphatic carbocycles. The normalized spacial score (nSPS) is 13.4. The lowest BCUT2D eigenvalue weighted by atomic mass is 10.0. The lowest BCUT2D eigenvalue weighted by Gasteiger charge is -2.23. The van der Waals surface area contributed by atoms with Crippen LogP contribution in [-0.2, 0) is 0 Å². The molecule has 90 valence electrons. The largest absolute Gasteiger partial charge is 0.324 e. The van der Waals surface area contributed by atoms with E-state index in [1.54, 1.807) is 0 Å². The topological polar surface area (TPSA) is 29.3 Å². The quantitative estimate of drug-likeness (QED) is 0.900. The molecule has 2 nitrogen and oxygen atoms in total. The maximum atomic E-state index is 6.19. The zero-order valence-corrected chi connectivity index (χ0v) is 11.9. The third kappa shape index (κ3) is 3.89. The third-order valence-electron chi connectivity index (χ3n) is 2.98. The van der Waals surface area contributed by atoms with Gasteiger partial charge in [-0.15, -0.1) is 0 Å². The first-order valence-corrected chi connectivity index (χ1v) is 6.52. The Morgan fingerprint density at radius 3 is 2.50 bits per heavy atom. The summed E-state index contributed by atoms with van der Waals surface area (Å²) in [6.45, 7) is 5.42. The summed E-state index contributed by atoms with van der Waals surface area (Å²) < 4.78 is 1.11. The number of benzene rings is 1. The summed E-state index contributed by atoms with van der Waals surface area (Å²) in [5, 5.41) is 0. The molecule has 16 heavy (non-hydrogen) atoms. The van der Waals surface area contributed by atoms with Gasteiger partial charge in [-0.2, -0.15) is 0 Å². The lowest BCUT2D eigenvalue weighted by Crippen LogP contribution is -2.29. The van der Waals surface area contributed by atoms with Crippen molar-refractivity contribution in [1.29, 1.82) is 0 Å². The van der Waals surface area contributed by atoms with Crippen molar-refractivity contribution >= 4 is 15.9 Å². The maximum absolute atomic E-state index is 6.19. The van der Waals surface area contributed by atoms with Gasteiger partial charge in [0.05, 0.1) is 0 Å². The van der Waals surface area contributed by atoms with Crippen LogP contribution < -0.4 is 5.73 Å². The molecule has 0 aliphatic heterocycles. The highest BCUT2D eigenvalue weighted by Gasteiger charge is 2.11. The van der Waals surface area contributed by atoms with Crippen molar-refractivity contribution in [2.45, 2.75) is 32.4 Å². The Morgan fingerprint density at radius 2 is 1.94 bits per heavy atom. The van der Waals surface area contributed by atoms with Crippen molar-refractivity contribution in [3.05, 3.63) is 34.3 Å².